The number of thiophene rings is 1. The molecule has 2 aliphatic rings. The standard InChI is InChI=1S/C21H25NO3S/c1-14-12-17(26-19(14)15-6-4-3-5-7-15)20(24)22-11-10-21(25-2)9-8-16(23)13-18(21)22/h3-7,12,16,18,23H,8-11,13H2,1-2H3. The average molecular weight is 372 g/mol. The zero-order valence-corrected chi connectivity index (χ0v) is 16.1. The molecule has 2 fully saturated rings. The molecule has 5 heteroatoms. The molecule has 3 atom stereocenters. The summed E-state index contributed by atoms with van der Waals surface area (Å²) in [4.78, 5) is 17.1. The van der Waals surface area contributed by atoms with Crippen molar-refractivity contribution in [1.29, 1.82) is 0 Å². The Labute approximate surface area is 158 Å². The van der Waals surface area contributed by atoms with Crippen LogP contribution in [0.5, 0.6) is 0 Å². The number of amides is 1. The number of benzene rings is 1. The summed E-state index contributed by atoms with van der Waals surface area (Å²) < 4.78 is 5.86. The van der Waals surface area contributed by atoms with Crippen molar-refractivity contribution in [2.45, 2.75) is 50.4 Å². The minimum Gasteiger partial charge on any atom is -0.393 e. The van der Waals surface area contributed by atoms with Gasteiger partial charge in [0.15, 0.2) is 0 Å². The minimum absolute atomic E-state index is 0.0358. The quantitative estimate of drug-likeness (QED) is 0.891. The number of nitrogens with zero attached hydrogens (tertiary/aromatic N) is 1. The van der Waals surface area contributed by atoms with Gasteiger partial charge in [0.05, 0.1) is 22.6 Å². The predicted molar refractivity (Wildman–Crippen MR) is 104 cm³/mol. The summed E-state index contributed by atoms with van der Waals surface area (Å²) in [6, 6.07) is 12.2. The third kappa shape index (κ3) is 2.88. The number of likely N-dealkylation sites (tertiary alicyclic amines) is 1. The molecule has 1 aliphatic carbocycles. The first-order chi connectivity index (χ1) is 12.5. The second-order valence-corrected chi connectivity index (χ2v) is 8.50. The second kappa shape index (κ2) is 6.80. The number of carbonyl (C=O) groups is 1. The van der Waals surface area contributed by atoms with Gasteiger partial charge in [0, 0.05) is 18.5 Å². The zero-order valence-electron chi connectivity index (χ0n) is 15.3. The van der Waals surface area contributed by atoms with Gasteiger partial charge < -0.3 is 14.7 Å². The van der Waals surface area contributed by atoms with Crippen LogP contribution in [0.1, 0.15) is 40.9 Å². The molecule has 1 aromatic carbocycles. The topological polar surface area (TPSA) is 49.8 Å². The molecule has 0 radical (unpaired) electrons. The van der Waals surface area contributed by atoms with Crippen LogP contribution in [0, 0.1) is 6.92 Å². The summed E-state index contributed by atoms with van der Waals surface area (Å²) in [5.74, 6) is 0.0679. The van der Waals surface area contributed by atoms with Crippen LogP contribution in [0.2, 0.25) is 0 Å². The van der Waals surface area contributed by atoms with Crippen LogP contribution in [-0.2, 0) is 4.74 Å². The van der Waals surface area contributed by atoms with Gasteiger partial charge in [0.2, 0.25) is 0 Å². The third-order valence-electron chi connectivity index (χ3n) is 5.99. The molecule has 2 heterocycles. The molecule has 1 aromatic heterocycles. The number of aliphatic hydroxyl groups is 1. The molecule has 1 saturated carbocycles. The van der Waals surface area contributed by atoms with Crippen molar-refractivity contribution < 1.29 is 14.6 Å². The maximum atomic E-state index is 13.3. The second-order valence-electron chi connectivity index (χ2n) is 7.45. The van der Waals surface area contributed by atoms with E-state index >= 15 is 0 Å². The first kappa shape index (κ1) is 17.7. The van der Waals surface area contributed by atoms with E-state index < -0.39 is 0 Å². The van der Waals surface area contributed by atoms with Gasteiger partial charge in [-0.25, -0.2) is 0 Å². The van der Waals surface area contributed by atoms with Crippen molar-refractivity contribution in [2.75, 3.05) is 13.7 Å². The number of methoxy groups -OCH3 is 1. The van der Waals surface area contributed by atoms with E-state index in [0.29, 0.717) is 13.0 Å². The Bertz CT molecular complexity index is 803. The molecule has 0 bridgehead atoms. The highest BCUT2D eigenvalue weighted by Gasteiger charge is 2.52. The lowest BCUT2D eigenvalue weighted by Gasteiger charge is -2.42. The summed E-state index contributed by atoms with van der Waals surface area (Å²) in [6.45, 7) is 2.76. The maximum absolute atomic E-state index is 13.3. The van der Waals surface area contributed by atoms with Gasteiger partial charge in [-0.05, 0) is 49.8 Å². The van der Waals surface area contributed by atoms with Crippen LogP contribution in [0.3, 0.4) is 0 Å². The Kier molecular flexibility index (Phi) is 4.63. The summed E-state index contributed by atoms with van der Waals surface area (Å²) in [7, 11) is 1.74. The van der Waals surface area contributed by atoms with Crippen LogP contribution in [0.4, 0.5) is 0 Å². The van der Waals surface area contributed by atoms with Gasteiger partial charge >= 0.3 is 0 Å². The van der Waals surface area contributed by atoms with Crippen molar-refractivity contribution in [2.24, 2.45) is 0 Å². The lowest BCUT2D eigenvalue weighted by molar-refractivity contribution is -0.0824. The normalized spacial score (nSPS) is 28.2. The van der Waals surface area contributed by atoms with Gasteiger partial charge in [-0.1, -0.05) is 30.3 Å². The molecule has 1 amide bonds. The maximum Gasteiger partial charge on any atom is 0.264 e. The molecule has 3 unspecified atom stereocenters. The predicted octanol–water partition coefficient (Wildman–Crippen LogP) is 3.87. The largest absolute Gasteiger partial charge is 0.393 e. The molecule has 26 heavy (non-hydrogen) atoms. The highest BCUT2D eigenvalue weighted by atomic mass is 32.1. The van der Waals surface area contributed by atoms with E-state index in [0.717, 1.165) is 40.1 Å². The summed E-state index contributed by atoms with van der Waals surface area (Å²) in [5.41, 5.74) is 1.99. The van der Waals surface area contributed by atoms with E-state index in [1.807, 2.05) is 29.2 Å². The first-order valence-corrected chi connectivity index (χ1v) is 10.1. The number of aliphatic hydroxyl groups excluding tert-OH is 1. The molecule has 1 saturated heterocycles. The fourth-order valence-electron chi connectivity index (χ4n) is 4.52. The number of hydrogen-bond acceptors (Lipinski definition) is 4. The van der Waals surface area contributed by atoms with E-state index in [9.17, 15) is 9.90 Å². The Morgan fingerprint density at radius 2 is 2.08 bits per heavy atom. The van der Waals surface area contributed by atoms with Crippen LogP contribution >= 0.6 is 11.3 Å². The van der Waals surface area contributed by atoms with E-state index in [1.165, 1.54) is 0 Å². The molecular weight excluding hydrogens is 346 g/mol. The van der Waals surface area contributed by atoms with Crippen molar-refractivity contribution in [3.63, 3.8) is 0 Å². The molecule has 138 valence electrons. The van der Waals surface area contributed by atoms with Gasteiger partial charge in [0.25, 0.3) is 5.91 Å². The van der Waals surface area contributed by atoms with Crippen molar-refractivity contribution >= 4 is 17.2 Å². The van der Waals surface area contributed by atoms with Crippen molar-refractivity contribution in [3.05, 3.63) is 46.8 Å². The fourth-order valence-corrected chi connectivity index (χ4v) is 5.66. The van der Waals surface area contributed by atoms with E-state index in [1.54, 1.807) is 18.4 Å². The number of rotatable bonds is 3. The Morgan fingerprint density at radius 3 is 2.81 bits per heavy atom. The highest BCUT2D eigenvalue weighted by molar-refractivity contribution is 7.17. The van der Waals surface area contributed by atoms with E-state index in [4.69, 9.17) is 4.74 Å². The number of carbonyl (C=O) groups excluding carboxylic acids is 1. The van der Waals surface area contributed by atoms with Crippen LogP contribution < -0.4 is 0 Å². The molecule has 0 spiro atoms. The van der Waals surface area contributed by atoms with Crippen molar-refractivity contribution in [1.82, 2.24) is 4.90 Å². The molecule has 2 aromatic rings. The summed E-state index contributed by atoms with van der Waals surface area (Å²) >= 11 is 1.56. The Morgan fingerprint density at radius 1 is 1.31 bits per heavy atom. The molecule has 4 rings (SSSR count). The number of hydrogen-bond donors (Lipinski definition) is 1. The monoisotopic (exact) mass is 371 g/mol. The average Bonchev–Trinajstić information content (AvgIpc) is 3.23. The summed E-state index contributed by atoms with van der Waals surface area (Å²) in [5, 5.41) is 10.1. The van der Waals surface area contributed by atoms with E-state index in [2.05, 4.69) is 19.1 Å². The number of ether oxygens (including phenoxy) is 1. The zero-order chi connectivity index (χ0) is 18.3. The van der Waals surface area contributed by atoms with E-state index in [-0.39, 0.29) is 23.7 Å². The Hall–Kier alpha value is -1.69. The molecule has 1 N–H and O–H groups in total. The summed E-state index contributed by atoms with van der Waals surface area (Å²) in [6.07, 6.45) is 2.68. The van der Waals surface area contributed by atoms with Gasteiger partial charge in [-0.3, -0.25) is 4.79 Å². The molecule has 1 aliphatic heterocycles. The lowest BCUT2D eigenvalue weighted by atomic mass is 9.79. The van der Waals surface area contributed by atoms with Crippen LogP contribution in [0.25, 0.3) is 10.4 Å². The van der Waals surface area contributed by atoms with Gasteiger partial charge in [0.1, 0.15) is 0 Å². The number of fused-ring (bicyclic) bond motifs is 1. The first-order valence-electron chi connectivity index (χ1n) is 9.24. The van der Waals surface area contributed by atoms with Crippen LogP contribution in [-0.4, -0.2) is 47.3 Å². The van der Waals surface area contributed by atoms with Crippen LogP contribution in [0.15, 0.2) is 36.4 Å². The molecular formula is C21H25NO3S. The molecule has 4 nitrogen and oxygen atoms in total. The Balaban J connectivity index is 1.62. The number of aryl methyl sites for hydroxylation is 1. The van der Waals surface area contributed by atoms with Gasteiger partial charge in [-0.2, -0.15) is 0 Å². The fraction of sp³-hybridized carbons (Fsp3) is 0.476. The van der Waals surface area contributed by atoms with Crippen molar-refractivity contribution in [3.8, 4) is 10.4 Å². The minimum atomic E-state index is -0.346. The highest BCUT2D eigenvalue weighted by Crippen LogP contribution is 2.43. The SMILES string of the molecule is COC12CCC(O)CC1N(C(=O)c1cc(C)c(-c3ccccc3)s1)CC2. The lowest BCUT2D eigenvalue weighted by Crippen LogP contribution is -2.52. The third-order valence-corrected chi connectivity index (χ3v) is 7.26. The smallest absolute Gasteiger partial charge is 0.264 e. The van der Waals surface area contributed by atoms with Gasteiger partial charge in [-0.15, -0.1) is 11.3 Å².